The van der Waals surface area contributed by atoms with E-state index < -0.39 is 10.0 Å². The van der Waals surface area contributed by atoms with Crippen molar-refractivity contribution in [3.05, 3.63) is 18.0 Å². The first-order valence-electron chi connectivity index (χ1n) is 6.73. The quantitative estimate of drug-likeness (QED) is 0.832. The topological polar surface area (TPSA) is 54.3 Å². The van der Waals surface area contributed by atoms with Crippen LogP contribution in [-0.4, -0.2) is 37.4 Å². The van der Waals surface area contributed by atoms with E-state index in [1.54, 1.807) is 12.3 Å². The summed E-state index contributed by atoms with van der Waals surface area (Å²) in [6, 6.07) is 2.01. The second kappa shape index (κ2) is 6.54. The lowest BCUT2D eigenvalue weighted by molar-refractivity contribution is 0.445. The Morgan fingerprint density at radius 1 is 1.32 bits per heavy atom. The van der Waals surface area contributed by atoms with Gasteiger partial charge in [0.15, 0.2) is 0 Å². The predicted octanol–water partition coefficient (Wildman–Crippen LogP) is 1.82. The van der Waals surface area contributed by atoms with Gasteiger partial charge in [-0.15, -0.1) is 0 Å². The molecule has 1 N–H and O–H groups in total. The molecule has 0 atom stereocenters. The van der Waals surface area contributed by atoms with Gasteiger partial charge in [-0.3, -0.25) is 0 Å². The van der Waals surface area contributed by atoms with Crippen molar-refractivity contribution in [3.8, 4) is 0 Å². The maximum Gasteiger partial charge on any atom is 0.244 e. The van der Waals surface area contributed by atoms with E-state index in [2.05, 4.69) is 5.32 Å². The molecule has 0 aliphatic rings. The van der Waals surface area contributed by atoms with Crippen LogP contribution in [-0.2, 0) is 16.6 Å². The molecule has 0 saturated carbocycles. The molecule has 0 bridgehead atoms. The standard InChI is InChI=1S/C13H25N3O2S/c1-6-15(7-2)19(17,18)13-8-12(9-14-5)16(10-13)11(3)4/h8,10-11,14H,6-7,9H2,1-5H3. The van der Waals surface area contributed by atoms with Crippen LogP contribution in [0.2, 0.25) is 0 Å². The Morgan fingerprint density at radius 3 is 2.32 bits per heavy atom. The third-order valence-corrected chi connectivity index (χ3v) is 5.18. The van der Waals surface area contributed by atoms with Gasteiger partial charge >= 0.3 is 0 Å². The molecule has 110 valence electrons. The van der Waals surface area contributed by atoms with E-state index in [4.69, 9.17) is 0 Å². The summed E-state index contributed by atoms with van der Waals surface area (Å²) in [5.74, 6) is 0. The highest BCUT2D eigenvalue weighted by atomic mass is 32.2. The minimum Gasteiger partial charge on any atom is -0.346 e. The number of sulfonamides is 1. The summed E-state index contributed by atoms with van der Waals surface area (Å²) in [5, 5.41) is 3.07. The zero-order valence-corrected chi connectivity index (χ0v) is 13.3. The van der Waals surface area contributed by atoms with Crippen LogP contribution in [0.3, 0.4) is 0 Å². The SMILES string of the molecule is CCN(CC)S(=O)(=O)c1cc(CNC)n(C(C)C)c1. The summed E-state index contributed by atoms with van der Waals surface area (Å²) >= 11 is 0. The maximum absolute atomic E-state index is 12.5. The van der Waals surface area contributed by atoms with Crippen molar-refractivity contribution in [1.29, 1.82) is 0 Å². The summed E-state index contributed by atoms with van der Waals surface area (Å²) in [6.45, 7) is 9.45. The van der Waals surface area contributed by atoms with Crippen LogP contribution in [0.1, 0.15) is 39.4 Å². The van der Waals surface area contributed by atoms with Gasteiger partial charge in [-0.2, -0.15) is 4.31 Å². The van der Waals surface area contributed by atoms with Crippen molar-refractivity contribution in [2.75, 3.05) is 20.1 Å². The number of hydrogen-bond acceptors (Lipinski definition) is 3. The normalized spacial score (nSPS) is 12.6. The fraction of sp³-hybridized carbons (Fsp3) is 0.692. The molecule has 19 heavy (non-hydrogen) atoms. The van der Waals surface area contributed by atoms with Crippen molar-refractivity contribution in [2.24, 2.45) is 0 Å². The third kappa shape index (κ3) is 3.38. The first-order chi connectivity index (χ1) is 8.88. The Hall–Kier alpha value is -0.850. The van der Waals surface area contributed by atoms with Crippen molar-refractivity contribution in [1.82, 2.24) is 14.2 Å². The highest BCUT2D eigenvalue weighted by Crippen LogP contribution is 2.22. The second-order valence-electron chi connectivity index (χ2n) is 4.79. The monoisotopic (exact) mass is 287 g/mol. The smallest absolute Gasteiger partial charge is 0.244 e. The van der Waals surface area contributed by atoms with Crippen LogP contribution in [0.4, 0.5) is 0 Å². The van der Waals surface area contributed by atoms with E-state index in [-0.39, 0.29) is 6.04 Å². The number of aromatic nitrogens is 1. The Labute approximate surface area is 116 Å². The van der Waals surface area contributed by atoms with Gasteiger partial charge in [0.05, 0.1) is 0 Å². The summed E-state index contributed by atoms with van der Waals surface area (Å²) in [7, 11) is -1.51. The lowest BCUT2D eigenvalue weighted by Crippen LogP contribution is -2.30. The maximum atomic E-state index is 12.5. The van der Waals surface area contributed by atoms with Gasteiger partial charge in [0.2, 0.25) is 10.0 Å². The number of rotatable bonds is 7. The molecule has 0 fully saturated rings. The fourth-order valence-electron chi connectivity index (χ4n) is 2.15. The Kier molecular flexibility index (Phi) is 5.58. The highest BCUT2D eigenvalue weighted by molar-refractivity contribution is 7.89. The first kappa shape index (κ1) is 16.2. The molecule has 0 saturated heterocycles. The minimum absolute atomic E-state index is 0.240. The van der Waals surface area contributed by atoms with Gasteiger partial charge in [-0.25, -0.2) is 8.42 Å². The van der Waals surface area contributed by atoms with Gasteiger partial charge in [0.1, 0.15) is 4.90 Å². The molecule has 1 aromatic rings. The number of hydrogen-bond donors (Lipinski definition) is 1. The molecule has 0 spiro atoms. The Bertz CT molecular complexity index is 502. The van der Waals surface area contributed by atoms with Crippen LogP contribution < -0.4 is 5.32 Å². The van der Waals surface area contributed by atoms with Crippen LogP contribution in [0.25, 0.3) is 0 Å². The fourth-order valence-corrected chi connectivity index (χ4v) is 3.66. The van der Waals surface area contributed by atoms with Crippen molar-refractivity contribution in [3.63, 3.8) is 0 Å². The van der Waals surface area contributed by atoms with E-state index in [0.717, 1.165) is 5.69 Å². The van der Waals surface area contributed by atoms with E-state index in [0.29, 0.717) is 24.5 Å². The van der Waals surface area contributed by atoms with Gasteiger partial charge in [0.25, 0.3) is 0 Å². The molecule has 0 aliphatic heterocycles. The van der Waals surface area contributed by atoms with Gasteiger partial charge in [-0.1, -0.05) is 13.8 Å². The van der Waals surface area contributed by atoms with Crippen molar-refractivity contribution in [2.45, 2.75) is 45.2 Å². The average molecular weight is 287 g/mol. The molecule has 1 heterocycles. The Balaban J connectivity index is 3.24. The van der Waals surface area contributed by atoms with Gasteiger partial charge < -0.3 is 9.88 Å². The van der Waals surface area contributed by atoms with E-state index >= 15 is 0 Å². The summed E-state index contributed by atoms with van der Waals surface area (Å²) in [4.78, 5) is 0.384. The van der Waals surface area contributed by atoms with E-state index in [1.807, 2.05) is 39.3 Å². The van der Waals surface area contributed by atoms with Gasteiger partial charge in [0, 0.05) is 37.6 Å². The van der Waals surface area contributed by atoms with Crippen molar-refractivity contribution >= 4 is 10.0 Å². The zero-order chi connectivity index (χ0) is 14.6. The molecule has 0 unspecified atom stereocenters. The first-order valence-corrected chi connectivity index (χ1v) is 8.17. The van der Waals surface area contributed by atoms with Crippen LogP contribution >= 0.6 is 0 Å². The molecule has 0 aromatic carbocycles. The van der Waals surface area contributed by atoms with Gasteiger partial charge in [-0.05, 0) is 27.0 Å². The van der Waals surface area contributed by atoms with E-state index in [9.17, 15) is 8.42 Å². The summed E-state index contributed by atoms with van der Waals surface area (Å²) in [5.41, 5.74) is 0.989. The lowest BCUT2D eigenvalue weighted by Gasteiger charge is -2.17. The largest absolute Gasteiger partial charge is 0.346 e. The summed E-state index contributed by atoms with van der Waals surface area (Å²) < 4.78 is 28.4. The molecule has 0 aliphatic carbocycles. The van der Waals surface area contributed by atoms with Crippen LogP contribution in [0.5, 0.6) is 0 Å². The molecule has 6 heteroatoms. The average Bonchev–Trinajstić information content (AvgIpc) is 2.75. The van der Waals surface area contributed by atoms with Crippen molar-refractivity contribution < 1.29 is 8.42 Å². The zero-order valence-electron chi connectivity index (χ0n) is 12.5. The highest BCUT2D eigenvalue weighted by Gasteiger charge is 2.24. The molecule has 5 nitrogen and oxygen atoms in total. The predicted molar refractivity (Wildman–Crippen MR) is 77.7 cm³/mol. The Morgan fingerprint density at radius 2 is 1.89 bits per heavy atom. The number of nitrogens with one attached hydrogen (secondary N) is 1. The molecule has 1 rings (SSSR count). The number of nitrogens with zero attached hydrogens (tertiary/aromatic N) is 2. The summed E-state index contributed by atoms with van der Waals surface area (Å²) in [6.07, 6.45) is 1.74. The molecule has 0 radical (unpaired) electrons. The molecule has 0 amide bonds. The van der Waals surface area contributed by atoms with Crippen LogP contribution in [0, 0.1) is 0 Å². The van der Waals surface area contributed by atoms with Crippen LogP contribution in [0.15, 0.2) is 17.2 Å². The second-order valence-corrected chi connectivity index (χ2v) is 6.73. The minimum atomic E-state index is -3.37. The molecular weight excluding hydrogens is 262 g/mol. The molecule has 1 aromatic heterocycles. The van der Waals surface area contributed by atoms with E-state index in [1.165, 1.54) is 4.31 Å². The third-order valence-electron chi connectivity index (χ3n) is 3.16. The lowest BCUT2D eigenvalue weighted by atomic mass is 10.3. The molecular formula is C13H25N3O2S.